The van der Waals surface area contributed by atoms with Gasteiger partial charge in [0.05, 0.1) is 0 Å². The lowest BCUT2D eigenvalue weighted by molar-refractivity contribution is 0.0513. The van der Waals surface area contributed by atoms with Crippen LogP contribution in [0.3, 0.4) is 0 Å². The van der Waals surface area contributed by atoms with Crippen molar-refractivity contribution >= 4 is 29.9 Å². The van der Waals surface area contributed by atoms with Crippen molar-refractivity contribution in [1.29, 1.82) is 0 Å². The summed E-state index contributed by atoms with van der Waals surface area (Å²) in [5.41, 5.74) is 1.52. The molecule has 4 nitrogen and oxygen atoms in total. The lowest BCUT2D eigenvalue weighted by Gasteiger charge is -2.38. The Bertz CT molecular complexity index is 456. The van der Waals surface area contributed by atoms with E-state index in [9.17, 15) is 0 Å². The molecule has 0 radical (unpaired) electrons. The average molecular weight is 417 g/mol. The van der Waals surface area contributed by atoms with E-state index in [0.717, 1.165) is 38.6 Å². The maximum Gasteiger partial charge on any atom is 0.191 e. The van der Waals surface area contributed by atoms with Crippen molar-refractivity contribution in [3.8, 4) is 0 Å². The van der Waals surface area contributed by atoms with Crippen LogP contribution in [0.2, 0.25) is 0 Å². The molecule has 1 saturated heterocycles. The fourth-order valence-corrected chi connectivity index (χ4v) is 2.84. The molecule has 1 aromatic carbocycles. The summed E-state index contributed by atoms with van der Waals surface area (Å²) >= 11 is 0. The number of ether oxygens (including phenoxy) is 1. The summed E-state index contributed by atoms with van der Waals surface area (Å²) in [5.74, 6) is 0.867. The zero-order valence-corrected chi connectivity index (χ0v) is 16.1. The average Bonchev–Trinajstić information content (AvgIpc) is 2.53. The highest BCUT2D eigenvalue weighted by atomic mass is 127. The zero-order chi connectivity index (χ0) is 15.1. The summed E-state index contributed by atoms with van der Waals surface area (Å²) in [4.78, 5) is 4.30. The number of benzene rings is 1. The number of hydrogen-bond donors (Lipinski definition) is 2. The van der Waals surface area contributed by atoms with Crippen LogP contribution in [0.25, 0.3) is 0 Å². The Kier molecular flexibility index (Phi) is 8.17. The molecule has 1 heterocycles. The molecule has 1 aliphatic heterocycles. The molecule has 1 aromatic rings. The van der Waals surface area contributed by atoms with Crippen molar-refractivity contribution in [3.63, 3.8) is 0 Å². The van der Waals surface area contributed by atoms with E-state index in [1.165, 1.54) is 5.56 Å². The highest BCUT2D eigenvalue weighted by Crippen LogP contribution is 2.34. The molecule has 5 heteroatoms. The molecule has 0 bridgehead atoms. The van der Waals surface area contributed by atoms with Crippen LogP contribution in [0.4, 0.5) is 0 Å². The van der Waals surface area contributed by atoms with Gasteiger partial charge in [-0.1, -0.05) is 30.3 Å². The van der Waals surface area contributed by atoms with Gasteiger partial charge in [-0.05, 0) is 32.3 Å². The highest BCUT2D eigenvalue weighted by molar-refractivity contribution is 14.0. The molecule has 1 aliphatic rings. The first-order valence-corrected chi connectivity index (χ1v) is 7.77. The molecule has 22 heavy (non-hydrogen) atoms. The maximum atomic E-state index is 5.57. The Hall–Kier alpha value is -0.820. The number of rotatable bonds is 4. The Labute approximate surface area is 151 Å². The van der Waals surface area contributed by atoms with Gasteiger partial charge in [-0.25, -0.2) is 0 Å². The molecule has 0 saturated carbocycles. The Balaban J connectivity index is 0.00000242. The molecule has 2 rings (SSSR count). The van der Waals surface area contributed by atoms with E-state index < -0.39 is 0 Å². The third-order valence-electron chi connectivity index (χ3n) is 4.08. The molecule has 0 aliphatic carbocycles. The summed E-state index contributed by atoms with van der Waals surface area (Å²) in [6, 6.07) is 11.1. The van der Waals surface area contributed by atoms with Gasteiger partial charge in [0, 0.05) is 38.3 Å². The number of nitrogens with one attached hydrogen (secondary N) is 2. The minimum atomic E-state index is 0. The molecular formula is C17H28IN3O. The van der Waals surface area contributed by atoms with Gasteiger partial charge < -0.3 is 15.4 Å². The Morgan fingerprint density at radius 2 is 1.86 bits per heavy atom. The van der Waals surface area contributed by atoms with Gasteiger partial charge in [0.25, 0.3) is 0 Å². The van der Waals surface area contributed by atoms with Crippen LogP contribution in [-0.4, -0.2) is 38.8 Å². The van der Waals surface area contributed by atoms with Crippen LogP contribution in [0.1, 0.15) is 32.3 Å². The van der Waals surface area contributed by atoms with Crippen molar-refractivity contribution < 1.29 is 4.74 Å². The first-order chi connectivity index (χ1) is 10.2. The van der Waals surface area contributed by atoms with Gasteiger partial charge in [-0.3, -0.25) is 4.99 Å². The number of aliphatic imine (C=N–C) groups is 1. The summed E-state index contributed by atoms with van der Waals surface area (Å²) < 4.78 is 5.57. The monoisotopic (exact) mass is 417 g/mol. The molecule has 0 unspecified atom stereocenters. The van der Waals surface area contributed by atoms with Crippen molar-refractivity contribution in [3.05, 3.63) is 35.9 Å². The third-order valence-corrected chi connectivity index (χ3v) is 4.08. The van der Waals surface area contributed by atoms with Gasteiger partial charge in [0.1, 0.15) is 0 Å². The van der Waals surface area contributed by atoms with Gasteiger partial charge in [-0.15, -0.1) is 24.0 Å². The molecule has 0 atom stereocenters. The maximum absolute atomic E-state index is 5.57. The Morgan fingerprint density at radius 1 is 1.23 bits per heavy atom. The van der Waals surface area contributed by atoms with Gasteiger partial charge in [-0.2, -0.15) is 0 Å². The van der Waals surface area contributed by atoms with E-state index >= 15 is 0 Å². The van der Waals surface area contributed by atoms with Crippen LogP contribution in [-0.2, 0) is 10.2 Å². The number of halogens is 1. The summed E-state index contributed by atoms with van der Waals surface area (Å²) in [5, 5.41) is 6.84. The highest BCUT2D eigenvalue weighted by Gasteiger charge is 2.34. The minimum absolute atomic E-state index is 0. The smallest absolute Gasteiger partial charge is 0.191 e. The van der Waals surface area contributed by atoms with Crippen LogP contribution in [0.5, 0.6) is 0 Å². The van der Waals surface area contributed by atoms with Crippen molar-refractivity contribution in [1.82, 2.24) is 10.6 Å². The lowest BCUT2D eigenvalue weighted by Crippen LogP contribution is -2.49. The van der Waals surface area contributed by atoms with Crippen LogP contribution in [0, 0.1) is 0 Å². The van der Waals surface area contributed by atoms with E-state index in [1.54, 1.807) is 0 Å². The second kappa shape index (κ2) is 9.35. The van der Waals surface area contributed by atoms with Crippen LogP contribution in [0.15, 0.2) is 35.3 Å². The minimum Gasteiger partial charge on any atom is -0.381 e. The fourth-order valence-electron chi connectivity index (χ4n) is 2.84. The van der Waals surface area contributed by atoms with Gasteiger partial charge in [0.2, 0.25) is 0 Å². The van der Waals surface area contributed by atoms with Crippen LogP contribution < -0.4 is 10.6 Å². The molecule has 0 amide bonds. The van der Waals surface area contributed by atoms with Crippen LogP contribution >= 0.6 is 24.0 Å². The first kappa shape index (κ1) is 19.2. The standard InChI is InChI=1S/C17H27N3O.HI/c1-14(2)20-16(18-3)19-13-17(9-11-21-12-10-17)15-7-5-4-6-8-15;/h4-8,14H,9-13H2,1-3H3,(H2,18,19,20);1H. The SMILES string of the molecule is CN=C(NCC1(c2ccccc2)CCOCC1)NC(C)C.I. The van der Waals surface area contributed by atoms with Crippen molar-refractivity contribution in [2.24, 2.45) is 4.99 Å². The van der Waals surface area contributed by atoms with E-state index in [0.29, 0.717) is 6.04 Å². The zero-order valence-electron chi connectivity index (χ0n) is 13.8. The van der Waals surface area contributed by atoms with Crippen molar-refractivity contribution in [2.45, 2.75) is 38.1 Å². The predicted molar refractivity (Wildman–Crippen MR) is 103 cm³/mol. The molecule has 0 aromatic heterocycles. The molecular weight excluding hydrogens is 389 g/mol. The predicted octanol–water partition coefficient (Wildman–Crippen LogP) is 2.93. The quantitative estimate of drug-likeness (QED) is 0.450. The van der Waals surface area contributed by atoms with Gasteiger partial charge in [0.15, 0.2) is 5.96 Å². The van der Waals surface area contributed by atoms with Gasteiger partial charge >= 0.3 is 0 Å². The second-order valence-corrected chi connectivity index (χ2v) is 5.98. The summed E-state index contributed by atoms with van der Waals surface area (Å²) in [7, 11) is 1.82. The van der Waals surface area contributed by atoms with E-state index in [4.69, 9.17) is 4.74 Å². The number of hydrogen-bond acceptors (Lipinski definition) is 2. The molecule has 2 N–H and O–H groups in total. The van der Waals surface area contributed by atoms with Crippen molar-refractivity contribution in [2.75, 3.05) is 26.8 Å². The number of guanidine groups is 1. The topological polar surface area (TPSA) is 45.7 Å². The normalized spacial score (nSPS) is 17.7. The van der Waals surface area contributed by atoms with E-state index in [-0.39, 0.29) is 29.4 Å². The fraction of sp³-hybridized carbons (Fsp3) is 0.588. The first-order valence-electron chi connectivity index (χ1n) is 7.77. The lowest BCUT2D eigenvalue weighted by atomic mass is 9.74. The Morgan fingerprint density at radius 3 is 2.41 bits per heavy atom. The van der Waals surface area contributed by atoms with E-state index in [1.807, 2.05) is 7.05 Å². The molecule has 124 valence electrons. The summed E-state index contributed by atoms with van der Waals surface area (Å²) in [6.07, 6.45) is 2.09. The van der Waals surface area contributed by atoms with E-state index in [2.05, 4.69) is 59.8 Å². The molecule has 1 fully saturated rings. The third kappa shape index (κ3) is 5.12. The number of nitrogens with zero attached hydrogens (tertiary/aromatic N) is 1. The largest absolute Gasteiger partial charge is 0.381 e. The second-order valence-electron chi connectivity index (χ2n) is 5.98. The molecule has 0 spiro atoms. The summed E-state index contributed by atoms with van der Waals surface area (Å²) in [6.45, 7) is 6.77.